The van der Waals surface area contributed by atoms with Crippen LogP contribution in [0.4, 0.5) is 5.82 Å². The average molecular weight is 469 g/mol. The Morgan fingerprint density at radius 3 is 2.76 bits per heavy atom. The molecule has 3 unspecified atom stereocenters. The van der Waals surface area contributed by atoms with Gasteiger partial charge in [0.05, 0.1) is 37.2 Å². The lowest BCUT2D eigenvalue weighted by Gasteiger charge is -2.42. The summed E-state index contributed by atoms with van der Waals surface area (Å²) < 4.78 is 13.7. The topological polar surface area (TPSA) is 98.2 Å². The number of nitrogens with two attached hydrogens (primary N) is 1. The number of rotatable bonds is 3. The molecule has 34 heavy (non-hydrogen) atoms. The van der Waals surface area contributed by atoms with E-state index in [0.717, 1.165) is 87.3 Å². The molecule has 1 saturated carbocycles. The summed E-state index contributed by atoms with van der Waals surface area (Å²) >= 11 is 0. The molecular formula is C25H36N6O3. The van der Waals surface area contributed by atoms with Crippen molar-refractivity contribution in [3.05, 3.63) is 23.5 Å². The van der Waals surface area contributed by atoms with Crippen LogP contribution in [0, 0.1) is 12.8 Å². The van der Waals surface area contributed by atoms with E-state index in [4.69, 9.17) is 25.3 Å². The number of carbonyl (C=O) groups excluding carboxylic acids is 1. The van der Waals surface area contributed by atoms with Crippen molar-refractivity contribution in [3.63, 3.8) is 0 Å². The largest absolute Gasteiger partial charge is 0.373 e. The van der Waals surface area contributed by atoms with E-state index in [2.05, 4.69) is 29.0 Å². The number of carbonyl (C=O) groups is 1. The molecule has 5 atom stereocenters. The highest BCUT2D eigenvalue weighted by molar-refractivity contribution is 5.79. The molecule has 0 radical (unpaired) electrons. The summed E-state index contributed by atoms with van der Waals surface area (Å²) in [4.78, 5) is 23.0. The van der Waals surface area contributed by atoms with Crippen molar-refractivity contribution in [1.29, 1.82) is 0 Å². The molecule has 0 spiro atoms. The second-order valence-corrected chi connectivity index (χ2v) is 10.5. The maximum absolute atomic E-state index is 13.7. The number of nitrogens with zero attached hydrogens (tertiary/aromatic N) is 5. The van der Waals surface area contributed by atoms with Crippen LogP contribution in [0.25, 0.3) is 5.65 Å². The molecule has 0 aromatic carbocycles. The molecule has 3 saturated heterocycles. The fourth-order valence-electron chi connectivity index (χ4n) is 6.31. The predicted octanol–water partition coefficient (Wildman–Crippen LogP) is 2.21. The third-order valence-electron chi connectivity index (χ3n) is 8.10. The van der Waals surface area contributed by atoms with E-state index in [1.54, 1.807) is 0 Å². The molecule has 4 aliphatic rings. The highest BCUT2D eigenvalue weighted by Gasteiger charge is 2.40. The summed E-state index contributed by atoms with van der Waals surface area (Å²) in [6, 6.07) is 2.29. The van der Waals surface area contributed by atoms with E-state index in [0.29, 0.717) is 13.2 Å². The smallest absolute Gasteiger partial charge is 0.226 e. The van der Waals surface area contributed by atoms with Crippen LogP contribution in [-0.4, -0.2) is 76.5 Å². The number of amides is 1. The van der Waals surface area contributed by atoms with Crippen molar-refractivity contribution in [1.82, 2.24) is 19.5 Å². The summed E-state index contributed by atoms with van der Waals surface area (Å²) in [5, 5.41) is 4.90. The molecule has 9 nitrogen and oxygen atoms in total. The molecule has 4 fully saturated rings. The second-order valence-electron chi connectivity index (χ2n) is 10.5. The van der Waals surface area contributed by atoms with Crippen LogP contribution in [0.2, 0.25) is 0 Å². The van der Waals surface area contributed by atoms with Gasteiger partial charge in [-0.05, 0) is 51.9 Å². The van der Waals surface area contributed by atoms with E-state index in [9.17, 15) is 4.79 Å². The standard InChI is InChI=1S/C25H36N6O3/c1-16-14-31-23(27-24(16)29-9-7-18(26)15-29)13-19(28-31)20-4-2-3-8-30(20)25(32)17-5-6-21-22(12-17)34-11-10-33-21/h13-14,17-18,20-22H,2-12,15,26H2,1H3/t17?,18-,20-,21?,22?/m0/s1. The zero-order chi connectivity index (χ0) is 23.2. The lowest BCUT2D eigenvalue weighted by atomic mass is 9.83. The Balaban J connectivity index is 1.24. The third-order valence-corrected chi connectivity index (χ3v) is 8.10. The number of piperidine rings is 1. The molecule has 2 aromatic heterocycles. The van der Waals surface area contributed by atoms with Gasteiger partial charge in [0.25, 0.3) is 0 Å². The third kappa shape index (κ3) is 4.07. The number of aromatic nitrogens is 3. The monoisotopic (exact) mass is 468 g/mol. The van der Waals surface area contributed by atoms with Crippen molar-refractivity contribution in [3.8, 4) is 0 Å². The zero-order valence-electron chi connectivity index (χ0n) is 20.1. The Morgan fingerprint density at radius 1 is 1.09 bits per heavy atom. The molecule has 2 aromatic rings. The molecular weight excluding hydrogens is 432 g/mol. The normalized spacial score (nSPS) is 32.2. The number of hydrogen-bond donors (Lipinski definition) is 1. The van der Waals surface area contributed by atoms with E-state index in [1.165, 1.54) is 0 Å². The Morgan fingerprint density at radius 2 is 1.94 bits per heavy atom. The quantitative estimate of drug-likeness (QED) is 0.737. The molecule has 2 N–H and O–H groups in total. The molecule has 9 heteroatoms. The van der Waals surface area contributed by atoms with Crippen LogP contribution in [-0.2, 0) is 14.3 Å². The van der Waals surface area contributed by atoms with Crippen LogP contribution in [0.5, 0.6) is 0 Å². The summed E-state index contributed by atoms with van der Waals surface area (Å²) in [6.45, 7) is 5.96. The van der Waals surface area contributed by atoms with Gasteiger partial charge in [-0.2, -0.15) is 5.10 Å². The van der Waals surface area contributed by atoms with Crippen molar-refractivity contribution in [2.24, 2.45) is 11.7 Å². The van der Waals surface area contributed by atoms with Gasteiger partial charge in [-0.3, -0.25) is 4.79 Å². The SMILES string of the molecule is Cc1cn2nc([C@@H]3CCCCN3C(=O)C3CCC4OCCOC4C3)cc2nc1N1CC[C@H](N)C1. The van der Waals surface area contributed by atoms with E-state index in [-0.39, 0.29) is 36.1 Å². The highest BCUT2D eigenvalue weighted by atomic mass is 16.6. The maximum atomic E-state index is 13.7. The fourth-order valence-corrected chi connectivity index (χ4v) is 6.31. The van der Waals surface area contributed by atoms with Gasteiger partial charge in [-0.1, -0.05) is 0 Å². The Hall–Kier alpha value is -2.23. The average Bonchev–Trinajstić information content (AvgIpc) is 3.48. The Kier molecular flexibility index (Phi) is 5.95. The van der Waals surface area contributed by atoms with Gasteiger partial charge in [-0.15, -0.1) is 0 Å². The van der Waals surface area contributed by atoms with Gasteiger partial charge >= 0.3 is 0 Å². The number of likely N-dealkylation sites (tertiary alicyclic amines) is 1. The minimum Gasteiger partial charge on any atom is -0.373 e. The lowest BCUT2D eigenvalue weighted by Crippen LogP contribution is -2.48. The molecule has 5 heterocycles. The van der Waals surface area contributed by atoms with Gasteiger partial charge < -0.3 is 25.0 Å². The molecule has 1 aliphatic carbocycles. The fraction of sp³-hybridized carbons (Fsp3) is 0.720. The van der Waals surface area contributed by atoms with E-state index >= 15 is 0 Å². The summed E-state index contributed by atoms with van der Waals surface area (Å²) in [6.07, 6.45) is 8.90. The van der Waals surface area contributed by atoms with Crippen LogP contribution < -0.4 is 10.6 Å². The highest BCUT2D eigenvalue weighted by Crippen LogP contribution is 2.37. The summed E-state index contributed by atoms with van der Waals surface area (Å²) in [5.74, 6) is 1.26. The van der Waals surface area contributed by atoms with E-state index in [1.807, 2.05) is 4.52 Å². The van der Waals surface area contributed by atoms with Gasteiger partial charge in [-0.25, -0.2) is 9.50 Å². The number of aryl methyl sites for hydroxylation is 1. The van der Waals surface area contributed by atoms with Crippen molar-refractivity contribution >= 4 is 17.4 Å². The van der Waals surface area contributed by atoms with Crippen LogP contribution in [0.3, 0.4) is 0 Å². The zero-order valence-corrected chi connectivity index (χ0v) is 20.1. The Labute approximate surface area is 200 Å². The first-order valence-electron chi connectivity index (χ1n) is 13.0. The molecule has 0 bridgehead atoms. The van der Waals surface area contributed by atoms with Crippen molar-refractivity contribution < 1.29 is 14.3 Å². The van der Waals surface area contributed by atoms with Crippen LogP contribution in [0.15, 0.2) is 12.3 Å². The molecule has 184 valence electrons. The van der Waals surface area contributed by atoms with E-state index < -0.39 is 0 Å². The number of hydrogen-bond acceptors (Lipinski definition) is 7. The number of fused-ring (bicyclic) bond motifs is 2. The van der Waals surface area contributed by atoms with Gasteiger partial charge in [0, 0.05) is 49.4 Å². The molecule has 3 aliphatic heterocycles. The van der Waals surface area contributed by atoms with Gasteiger partial charge in [0.1, 0.15) is 5.82 Å². The first-order chi connectivity index (χ1) is 16.6. The minimum absolute atomic E-state index is 0.00642. The first kappa shape index (κ1) is 22.2. The minimum atomic E-state index is 0.00642. The van der Waals surface area contributed by atoms with Crippen LogP contribution >= 0.6 is 0 Å². The first-order valence-corrected chi connectivity index (χ1v) is 13.0. The van der Waals surface area contributed by atoms with Crippen LogP contribution in [0.1, 0.15) is 62.2 Å². The number of anilines is 1. The van der Waals surface area contributed by atoms with Crippen molar-refractivity contribution in [2.45, 2.75) is 76.2 Å². The second kappa shape index (κ2) is 9.09. The summed E-state index contributed by atoms with van der Waals surface area (Å²) in [7, 11) is 0. The molecule has 6 rings (SSSR count). The van der Waals surface area contributed by atoms with Gasteiger partial charge in [0.2, 0.25) is 5.91 Å². The number of ether oxygens (including phenoxy) is 2. The van der Waals surface area contributed by atoms with Gasteiger partial charge in [0.15, 0.2) is 5.65 Å². The maximum Gasteiger partial charge on any atom is 0.226 e. The predicted molar refractivity (Wildman–Crippen MR) is 128 cm³/mol. The van der Waals surface area contributed by atoms with Crippen molar-refractivity contribution in [2.75, 3.05) is 37.7 Å². The molecule has 1 amide bonds. The Bertz CT molecular complexity index is 1060. The summed E-state index contributed by atoms with van der Waals surface area (Å²) in [5.41, 5.74) is 9.01. The lowest BCUT2D eigenvalue weighted by molar-refractivity contribution is -0.170.